The van der Waals surface area contributed by atoms with Crippen molar-refractivity contribution < 1.29 is 9.26 Å². The third kappa shape index (κ3) is 3.28. The summed E-state index contributed by atoms with van der Waals surface area (Å²) in [4.78, 5) is 4.26. The zero-order chi connectivity index (χ0) is 11.2. The second-order valence-electron chi connectivity index (χ2n) is 4.13. The Balaban J connectivity index is 1.75. The van der Waals surface area contributed by atoms with Gasteiger partial charge in [-0.25, -0.2) is 0 Å². The first-order valence-electron chi connectivity index (χ1n) is 6.02. The number of hydrogen-bond acceptors (Lipinski definition) is 5. The topological polar surface area (TPSA) is 60.2 Å². The van der Waals surface area contributed by atoms with Gasteiger partial charge in [0.25, 0.3) is 5.89 Å². The standard InChI is InChI=1S/C11H19N3O2/c1-2-4-10-13-11(16-14-10)8-15-9-5-3-6-12-7-9/h9,12H,2-8H2,1H3/t9-/m0/s1. The lowest BCUT2D eigenvalue weighted by Crippen LogP contribution is -2.35. The van der Waals surface area contributed by atoms with Crippen LogP contribution in [0, 0.1) is 0 Å². The lowest BCUT2D eigenvalue weighted by molar-refractivity contribution is 0.0124. The average molecular weight is 225 g/mol. The lowest BCUT2D eigenvalue weighted by Gasteiger charge is -2.22. The van der Waals surface area contributed by atoms with Crippen LogP contribution in [0.25, 0.3) is 0 Å². The molecule has 1 aromatic rings. The Kier molecular flexibility index (Phi) is 4.30. The molecule has 2 rings (SSSR count). The highest BCUT2D eigenvalue weighted by Crippen LogP contribution is 2.09. The van der Waals surface area contributed by atoms with Gasteiger partial charge in [0.15, 0.2) is 5.82 Å². The van der Waals surface area contributed by atoms with Crippen LogP contribution in [0.3, 0.4) is 0 Å². The van der Waals surface area contributed by atoms with Crippen LogP contribution in [0.1, 0.15) is 37.9 Å². The van der Waals surface area contributed by atoms with Crippen LogP contribution in [0.4, 0.5) is 0 Å². The van der Waals surface area contributed by atoms with E-state index in [0.29, 0.717) is 12.5 Å². The predicted octanol–water partition coefficient (Wildman–Crippen LogP) is 1.29. The largest absolute Gasteiger partial charge is 0.367 e. The molecule has 0 radical (unpaired) electrons. The zero-order valence-corrected chi connectivity index (χ0v) is 9.74. The Hall–Kier alpha value is -0.940. The Morgan fingerprint density at radius 2 is 2.50 bits per heavy atom. The maximum atomic E-state index is 5.70. The molecule has 1 aromatic heterocycles. The van der Waals surface area contributed by atoms with Crippen molar-refractivity contribution in [1.29, 1.82) is 0 Å². The van der Waals surface area contributed by atoms with Gasteiger partial charge in [0.2, 0.25) is 0 Å². The third-order valence-corrected chi connectivity index (χ3v) is 2.68. The van der Waals surface area contributed by atoms with Gasteiger partial charge in [-0.15, -0.1) is 0 Å². The molecule has 5 heteroatoms. The molecule has 1 aliphatic heterocycles. The molecule has 0 saturated carbocycles. The van der Waals surface area contributed by atoms with Crippen LogP contribution in [0.5, 0.6) is 0 Å². The van der Waals surface area contributed by atoms with Crippen molar-refractivity contribution in [3.05, 3.63) is 11.7 Å². The van der Waals surface area contributed by atoms with Crippen LogP contribution in [0.15, 0.2) is 4.52 Å². The zero-order valence-electron chi connectivity index (χ0n) is 9.74. The van der Waals surface area contributed by atoms with Crippen LogP contribution in [-0.4, -0.2) is 29.3 Å². The van der Waals surface area contributed by atoms with E-state index in [2.05, 4.69) is 22.4 Å². The number of nitrogens with one attached hydrogen (secondary N) is 1. The van der Waals surface area contributed by atoms with E-state index in [1.807, 2.05) is 0 Å². The highest BCUT2D eigenvalue weighted by Gasteiger charge is 2.14. The molecule has 1 N–H and O–H groups in total. The van der Waals surface area contributed by atoms with Crippen LogP contribution < -0.4 is 5.32 Å². The number of hydrogen-bond donors (Lipinski definition) is 1. The molecule has 0 amide bonds. The van der Waals surface area contributed by atoms with E-state index in [-0.39, 0.29) is 6.10 Å². The van der Waals surface area contributed by atoms with E-state index >= 15 is 0 Å². The Morgan fingerprint density at radius 1 is 1.56 bits per heavy atom. The van der Waals surface area contributed by atoms with Crippen molar-refractivity contribution in [3.63, 3.8) is 0 Å². The predicted molar refractivity (Wildman–Crippen MR) is 59.0 cm³/mol. The molecule has 90 valence electrons. The minimum atomic E-state index is 0.287. The average Bonchev–Trinajstić information content (AvgIpc) is 2.76. The molecule has 1 saturated heterocycles. The Morgan fingerprint density at radius 3 is 3.25 bits per heavy atom. The van der Waals surface area contributed by atoms with Crippen LogP contribution in [-0.2, 0) is 17.8 Å². The molecule has 0 bridgehead atoms. The van der Waals surface area contributed by atoms with Crippen molar-refractivity contribution in [2.45, 2.75) is 45.3 Å². The molecule has 1 atom stereocenters. The van der Waals surface area contributed by atoms with Gasteiger partial charge in [0.1, 0.15) is 6.61 Å². The molecule has 0 unspecified atom stereocenters. The normalized spacial score (nSPS) is 21.2. The fourth-order valence-electron chi connectivity index (χ4n) is 1.83. The maximum Gasteiger partial charge on any atom is 0.252 e. The monoisotopic (exact) mass is 225 g/mol. The summed E-state index contributed by atoms with van der Waals surface area (Å²) in [5.74, 6) is 1.37. The molecular formula is C11H19N3O2. The summed E-state index contributed by atoms with van der Waals surface area (Å²) in [6, 6.07) is 0. The smallest absolute Gasteiger partial charge is 0.252 e. The number of rotatable bonds is 5. The Labute approximate surface area is 95.6 Å². The van der Waals surface area contributed by atoms with Gasteiger partial charge in [0, 0.05) is 13.0 Å². The van der Waals surface area contributed by atoms with E-state index in [1.165, 1.54) is 6.42 Å². The fraction of sp³-hybridized carbons (Fsp3) is 0.818. The van der Waals surface area contributed by atoms with Crippen molar-refractivity contribution in [2.75, 3.05) is 13.1 Å². The summed E-state index contributed by atoms with van der Waals surface area (Å²) in [5, 5.41) is 7.19. The summed E-state index contributed by atoms with van der Waals surface area (Å²) in [6.07, 6.45) is 4.48. The van der Waals surface area contributed by atoms with Crippen molar-refractivity contribution in [3.8, 4) is 0 Å². The van der Waals surface area contributed by atoms with Gasteiger partial charge in [0.05, 0.1) is 6.10 Å². The molecule has 5 nitrogen and oxygen atoms in total. The van der Waals surface area contributed by atoms with Crippen molar-refractivity contribution >= 4 is 0 Å². The van der Waals surface area contributed by atoms with E-state index in [9.17, 15) is 0 Å². The SMILES string of the molecule is CCCc1noc(CO[C@H]2CCCNC2)n1. The van der Waals surface area contributed by atoms with Crippen LogP contribution >= 0.6 is 0 Å². The number of ether oxygens (including phenoxy) is 1. The van der Waals surface area contributed by atoms with Crippen LogP contribution in [0.2, 0.25) is 0 Å². The Bertz CT molecular complexity index is 308. The minimum absolute atomic E-state index is 0.287. The molecule has 16 heavy (non-hydrogen) atoms. The summed E-state index contributed by atoms with van der Waals surface area (Å²) < 4.78 is 10.8. The number of piperidine rings is 1. The summed E-state index contributed by atoms with van der Waals surface area (Å²) in [6.45, 7) is 4.56. The lowest BCUT2D eigenvalue weighted by atomic mass is 10.1. The molecule has 0 aromatic carbocycles. The minimum Gasteiger partial charge on any atom is -0.367 e. The maximum absolute atomic E-state index is 5.70. The van der Waals surface area contributed by atoms with Gasteiger partial charge < -0.3 is 14.6 Å². The molecular weight excluding hydrogens is 206 g/mol. The molecule has 1 aliphatic rings. The second kappa shape index (κ2) is 5.96. The molecule has 2 heterocycles. The van der Waals surface area contributed by atoms with Crippen molar-refractivity contribution in [1.82, 2.24) is 15.5 Å². The summed E-state index contributed by atoms with van der Waals surface area (Å²) in [5.41, 5.74) is 0. The molecule has 0 spiro atoms. The second-order valence-corrected chi connectivity index (χ2v) is 4.13. The number of aryl methyl sites for hydroxylation is 1. The van der Waals surface area contributed by atoms with Gasteiger partial charge in [-0.1, -0.05) is 12.1 Å². The van der Waals surface area contributed by atoms with E-state index in [0.717, 1.165) is 38.2 Å². The van der Waals surface area contributed by atoms with Gasteiger partial charge in [-0.05, 0) is 25.8 Å². The van der Waals surface area contributed by atoms with Gasteiger partial charge >= 0.3 is 0 Å². The van der Waals surface area contributed by atoms with E-state index < -0.39 is 0 Å². The quantitative estimate of drug-likeness (QED) is 0.818. The number of nitrogens with zero attached hydrogens (tertiary/aromatic N) is 2. The molecule has 0 aliphatic carbocycles. The highest BCUT2D eigenvalue weighted by atomic mass is 16.5. The van der Waals surface area contributed by atoms with E-state index in [1.54, 1.807) is 0 Å². The summed E-state index contributed by atoms with van der Waals surface area (Å²) in [7, 11) is 0. The van der Waals surface area contributed by atoms with Gasteiger partial charge in [-0.2, -0.15) is 4.98 Å². The first-order chi connectivity index (χ1) is 7.88. The molecule has 1 fully saturated rings. The first-order valence-corrected chi connectivity index (χ1v) is 6.02. The van der Waals surface area contributed by atoms with E-state index in [4.69, 9.17) is 9.26 Å². The summed E-state index contributed by atoms with van der Waals surface area (Å²) >= 11 is 0. The third-order valence-electron chi connectivity index (χ3n) is 2.68. The fourth-order valence-corrected chi connectivity index (χ4v) is 1.83. The van der Waals surface area contributed by atoms with Crippen molar-refractivity contribution in [2.24, 2.45) is 0 Å². The van der Waals surface area contributed by atoms with Gasteiger partial charge in [-0.3, -0.25) is 0 Å². The highest BCUT2D eigenvalue weighted by molar-refractivity contribution is 4.85. The first kappa shape index (κ1) is 11.5. The number of aromatic nitrogens is 2.